The van der Waals surface area contributed by atoms with Gasteiger partial charge < -0.3 is 10.1 Å². The molecule has 19 heavy (non-hydrogen) atoms. The molecule has 0 bridgehead atoms. The highest BCUT2D eigenvalue weighted by Gasteiger charge is 2.16. The first kappa shape index (κ1) is 15.9. The minimum Gasteiger partial charge on any atom is -0.492 e. The van der Waals surface area contributed by atoms with Gasteiger partial charge in [-0.25, -0.2) is 12.7 Å². The molecule has 0 radical (unpaired) electrons. The van der Waals surface area contributed by atoms with E-state index in [4.69, 9.17) is 4.74 Å². The smallest absolute Gasteiger partial charge is 0.242 e. The SMILES string of the molecule is CCCNCCOc1ccc(S(=O)(=O)N(C)C)cc1. The lowest BCUT2D eigenvalue weighted by molar-refractivity contribution is 0.314. The van der Waals surface area contributed by atoms with Crippen LogP contribution < -0.4 is 10.1 Å². The predicted octanol–water partition coefficient (Wildman–Crippen LogP) is 1.32. The van der Waals surface area contributed by atoms with E-state index in [9.17, 15) is 8.42 Å². The van der Waals surface area contributed by atoms with Crippen LogP contribution >= 0.6 is 0 Å². The molecule has 1 aromatic rings. The number of hydrogen-bond donors (Lipinski definition) is 1. The topological polar surface area (TPSA) is 58.6 Å². The fourth-order valence-corrected chi connectivity index (χ4v) is 2.36. The average Bonchev–Trinajstić information content (AvgIpc) is 2.39. The van der Waals surface area contributed by atoms with Gasteiger partial charge in [0.15, 0.2) is 0 Å². The quantitative estimate of drug-likeness (QED) is 0.732. The van der Waals surface area contributed by atoms with Crippen LogP contribution in [-0.4, -0.2) is 46.5 Å². The van der Waals surface area contributed by atoms with E-state index >= 15 is 0 Å². The van der Waals surface area contributed by atoms with Crippen molar-refractivity contribution < 1.29 is 13.2 Å². The van der Waals surface area contributed by atoms with Crippen molar-refractivity contribution in [2.24, 2.45) is 0 Å². The lowest BCUT2D eigenvalue weighted by Crippen LogP contribution is -2.22. The second-order valence-corrected chi connectivity index (χ2v) is 6.51. The van der Waals surface area contributed by atoms with E-state index in [-0.39, 0.29) is 4.90 Å². The Balaban J connectivity index is 2.53. The van der Waals surface area contributed by atoms with Crippen LogP contribution in [0.1, 0.15) is 13.3 Å². The fraction of sp³-hybridized carbons (Fsp3) is 0.538. The van der Waals surface area contributed by atoms with Gasteiger partial charge in [-0.1, -0.05) is 6.92 Å². The molecule has 0 aliphatic carbocycles. The number of sulfonamides is 1. The first-order chi connectivity index (χ1) is 8.98. The zero-order valence-electron chi connectivity index (χ0n) is 11.7. The van der Waals surface area contributed by atoms with E-state index in [2.05, 4.69) is 12.2 Å². The summed E-state index contributed by atoms with van der Waals surface area (Å²) >= 11 is 0. The lowest BCUT2D eigenvalue weighted by Gasteiger charge is -2.12. The first-order valence-electron chi connectivity index (χ1n) is 6.34. The van der Waals surface area contributed by atoms with Crippen molar-refractivity contribution >= 4 is 10.0 Å². The Hall–Kier alpha value is -1.11. The number of ether oxygens (including phenoxy) is 1. The lowest BCUT2D eigenvalue weighted by atomic mass is 10.3. The first-order valence-corrected chi connectivity index (χ1v) is 7.78. The van der Waals surface area contributed by atoms with Crippen LogP contribution in [0.4, 0.5) is 0 Å². The van der Waals surface area contributed by atoms with E-state index in [1.807, 2.05) is 0 Å². The molecule has 1 aromatic carbocycles. The highest BCUT2D eigenvalue weighted by molar-refractivity contribution is 7.89. The monoisotopic (exact) mass is 286 g/mol. The summed E-state index contributed by atoms with van der Waals surface area (Å²) in [6.45, 7) is 4.44. The minimum atomic E-state index is -3.36. The Morgan fingerprint density at radius 3 is 2.32 bits per heavy atom. The van der Waals surface area contributed by atoms with Crippen molar-refractivity contribution in [3.63, 3.8) is 0 Å². The molecular formula is C13H22N2O3S. The summed E-state index contributed by atoms with van der Waals surface area (Å²) in [5, 5.41) is 3.23. The van der Waals surface area contributed by atoms with Crippen LogP contribution in [0.15, 0.2) is 29.2 Å². The summed E-state index contributed by atoms with van der Waals surface area (Å²) in [5.41, 5.74) is 0. The van der Waals surface area contributed by atoms with Crippen LogP contribution in [0.25, 0.3) is 0 Å². The molecule has 0 saturated carbocycles. The molecule has 0 atom stereocenters. The van der Waals surface area contributed by atoms with E-state index in [0.29, 0.717) is 12.4 Å². The maximum atomic E-state index is 11.9. The molecule has 0 fully saturated rings. The number of nitrogens with zero attached hydrogens (tertiary/aromatic N) is 1. The third-order valence-corrected chi connectivity index (χ3v) is 4.41. The van der Waals surface area contributed by atoms with Crippen LogP contribution in [0, 0.1) is 0 Å². The van der Waals surface area contributed by atoms with E-state index in [1.54, 1.807) is 24.3 Å². The molecule has 1 rings (SSSR count). The van der Waals surface area contributed by atoms with Gasteiger partial charge in [-0.05, 0) is 37.2 Å². The van der Waals surface area contributed by atoms with E-state index in [0.717, 1.165) is 19.5 Å². The standard InChI is InChI=1S/C13H22N2O3S/c1-4-9-14-10-11-18-12-5-7-13(8-6-12)19(16,17)15(2)3/h5-8,14H,4,9-11H2,1-3H3. The number of benzene rings is 1. The fourth-order valence-electron chi connectivity index (χ4n) is 1.46. The molecule has 108 valence electrons. The molecule has 5 nitrogen and oxygen atoms in total. The zero-order chi connectivity index (χ0) is 14.3. The highest BCUT2D eigenvalue weighted by Crippen LogP contribution is 2.17. The molecule has 0 aliphatic heterocycles. The number of rotatable bonds is 8. The third-order valence-electron chi connectivity index (χ3n) is 2.58. The number of nitrogens with one attached hydrogen (secondary N) is 1. The van der Waals surface area contributed by atoms with Gasteiger partial charge in [0, 0.05) is 20.6 Å². The van der Waals surface area contributed by atoms with Crippen LogP contribution in [-0.2, 0) is 10.0 Å². The van der Waals surface area contributed by atoms with Crippen LogP contribution in [0.2, 0.25) is 0 Å². The zero-order valence-corrected chi connectivity index (χ0v) is 12.5. The van der Waals surface area contributed by atoms with Crippen molar-refractivity contribution in [2.45, 2.75) is 18.2 Å². The summed E-state index contributed by atoms with van der Waals surface area (Å²) in [6, 6.07) is 6.47. The Bertz CT molecular complexity index is 469. The molecular weight excluding hydrogens is 264 g/mol. The van der Waals surface area contributed by atoms with Crippen LogP contribution in [0.3, 0.4) is 0 Å². The van der Waals surface area contributed by atoms with Crippen LogP contribution in [0.5, 0.6) is 5.75 Å². The normalized spacial score (nSPS) is 11.8. The molecule has 6 heteroatoms. The predicted molar refractivity (Wildman–Crippen MR) is 76.0 cm³/mol. The van der Waals surface area contributed by atoms with Gasteiger partial charge in [0.05, 0.1) is 4.90 Å². The van der Waals surface area contributed by atoms with Gasteiger partial charge in [0.2, 0.25) is 10.0 Å². The van der Waals surface area contributed by atoms with Gasteiger partial charge in [-0.3, -0.25) is 0 Å². The second-order valence-electron chi connectivity index (χ2n) is 4.36. The average molecular weight is 286 g/mol. The molecule has 0 aliphatic rings. The summed E-state index contributed by atoms with van der Waals surface area (Å²) in [5.74, 6) is 0.677. The van der Waals surface area contributed by atoms with Gasteiger partial charge in [-0.2, -0.15) is 0 Å². The molecule has 1 N–H and O–H groups in total. The van der Waals surface area contributed by atoms with Gasteiger partial charge in [0.25, 0.3) is 0 Å². The molecule has 0 spiro atoms. The summed E-state index contributed by atoms with van der Waals surface area (Å²) < 4.78 is 30.4. The maximum Gasteiger partial charge on any atom is 0.242 e. The maximum absolute atomic E-state index is 11.9. The van der Waals surface area contributed by atoms with Crippen molar-refractivity contribution in [3.05, 3.63) is 24.3 Å². The highest BCUT2D eigenvalue weighted by atomic mass is 32.2. The molecule has 0 aromatic heterocycles. The Morgan fingerprint density at radius 2 is 1.79 bits per heavy atom. The largest absolute Gasteiger partial charge is 0.492 e. The summed E-state index contributed by atoms with van der Waals surface area (Å²) in [7, 11) is -0.335. The van der Waals surface area contributed by atoms with Crippen molar-refractivity contribution in [1.29, 1.82) is 0 Å². The van der Waals surface area contributed by atoms with Crippen molar-refractivity contribution in [2.75, 3.05) is 33.8 Å². The Labute approximate surface area is 115 Å². The Kier molecular flexibility index (Phi) is 6.27. The van der Waals surface area contributed by atoms with Gasteiger partial charge >= 0.3 is 0 Å². The number of hydrogen-bond acceptors (Lipinski definition) is 4. The molecule has 0 heterocycles. The molecule has 0 amide bonds. The van der Waals surface area contributed by atoms with Crippen molar-refractivity contribution in [1.82, 2.24) is 9.62 Å². The summed E-state index contributed by atoms with van der Waals surface area (Å²) in [4.78, 5) is 0.272. The minimum absolute atomic E-state index is 0.272. The van der Waals surface area contributed by atoms with E-state index < -0.39 is 10.0 Å². The molecule has 0 unspecified atom stereocenters. The molecule has 0 saturated heterocycles. The second kappa shape index (κ2) is 7.47. The van der Waals surface area contributed by atoms with E-state index in [1.165, 1.54) is 18.4 Å². The van der Waals surface area contributed by atoms with Gasteiger partial charge in [0.1, 0.15) is 12.4 Å². The Morgan fingerprint density at radius 1 is 1.16 bits per heavy atom. The van der Waals surface area contributed by atoms with Crippen molar-refractivity contribution in [3.8, 4) is 5.75 Å². The summed E-state index contributed by atoms with van der Waals surface area (Å²) in [6.07, 6.45) is 1.09. The van der Waals surface area contributed by atoms with Gasteiger partial charge in [-0.15, -0.1) is 0 Å². The third kappa shape index (κ3) is 4.81.